The van der Waals surface area contributed by atoms with Crippen molar-refractivity contribution < 1.29 is 14.7 Å². The van der Waals surface area contributed by atoms with Crippen molar-refractivity contribution in [1.82, 2.24) is 10.2 Å². The number of carbonyl (C=O) groups is 2. The molecule has 0 aliphatic heterocycles. The van der Waals surface area contributed by atoms with Gasteiger partial charge in [0, 0.05) is 18.8 Å². The number of hydrogen-bond acceptors (Lipinski definition) is 3. The topological polar surface area (TPSA) is 81.7 Å². The average molecular weight is 279 g/mol. The maximum Gasteiger partial charge on any atom is 0.319 e. The molecule has 0 bridgehead atoms. The molecule has 6 heteroatoms. The van der Waals surface area contributed by atoms with Crippen molar-refractivity contribution in [2.75, 3.05) is 32.0 Å². The van der Waals surface area contributed by atoms with Crippen molar-refractivity contribution in [3.05, 3.63) is 29.8 Å². The lowest BCUT2D eigenvalue weighted by Gasteiger charge is -2.14. The van der Waals surface area contributed by atoms with Crippen LogP contribution in [0.2, 0.25) is 0 Å². The maximum absolute atomic E-state index is 11.6. The van der Waals surface area contributed by atoms with Gasteiger partial charge in [-0.15, -0.1) is 0 Å². The quantitative estimate of drug-likeness (QED) is 0.704. The summed E-state index contributed by atoms with van der Waals surface area (Å²) in [4.78, 5) is 24.3. The average Bonchev–Trinajstić information content (AvgIpc) is 2.40. The lowest BCUT2D eigenvalue weighted by molar-refractivity contribution is -0.136. The lowest BCUT2D eigenvalue weighted by Crippen LogP contribution is -2.35. The Morgan fingerprint density at radius 3 is 2.45 bits per heavy atom. The molecule has 20 heavy (non-hydrogen) atoms. The van der Waals surface area contributed by atoms with E-state index in [0.29, 0.717) is 17.8 Å². The number of aliphatic carboxylic acids is 1. The molecule has 0 spiro atoms. The van der Waals surface area contributed by atoms with Gasteiger partial charge in [-0.2, -0.15) is 0 Å². The number of nitrogens with zero attached hydrogens (tertiary/aromatic N) is 1. The van der Waals surface area contributed by atoms with Crippen LogP contribution in [-0.2, 0) is 11.2 Å². The van der Waals surface area contributed by atoms with Gasteiger partial charge in [0.2, 0.25) is 0 Å². The highest BCUT2D eigenvalue weighted by atomic mass is 16.4. The van der Waals surface area contributed by atoms with Gasteiger partial charge in [0.05, 0.1) is 6.42 Å². The van der Waals surface area contributed by atoms with Crippen molar-refractivity contribution in [3.63, 3.8) is 0 Å². The molecule has 0 aliphatic carbocycles. The van der Waals surface area contributed by atoms with Crippen LogP contribution in [-0.4, -0.2) is 48.7 Å². The van der Waals surface area contributed by atoms with Crippen LogP contribution in [0.1, 0.15) is 12.5 Å². The Morgan fingerprint density at radius 2 is 1.90 bits per heavy atom. The number of carboxylic acid groups (broad SMARTS) is 1. The monoisotopic (exact) mass is 279 g/mol. The molecular formula is C14H21N3O3. The van der Waals surface area contributed by atoms with Crippen molar-refractivity contribution in [1.29, 1.82) is 0 Å². The van der Waals surface area contributed by atoms with Crippen LogP contribution in [0.25, 0.3) is 0 Å². The molecule has 0 atom stereocenters. The summed E-state index contributed by atoms with van der Waals surface area (Å²) in [5.74, 6) is -0.872. The minimum atomic E-state index is -0.872. The van der Waals surface area contributed by atoms with E-state index in [-0.39, 0.29) is 12.5 Å². The molecule has 6 nitrogen and oxygen atoms in total. The first-order chi connectivity index (χ1) is 9.51. The van der Waals surface area contributed by atoms with E-state index in [4.69, 9.17) is 5.11 Å². The summed E-state index contributed by atoms with van der Waals surface area (Å²) in [6, 6.07) is 6.50. The highest BCUT2D eigenvalue weighted by Gasteiger charge is 2.03. The normalized spacial score (nSPS) is 10.3. The number of hydrogen-bond donors (Lipinski definition) is 3. The van der Waals surface area contributed by atoms with E-state index in [9.17, 15) is 9.59 Å². The smallest absolute Gasteiger partial charge is 0.319 e. The first-order valence-corrected chi connectivity index (χ1v) is 6.55. The molecule has 110 valence electrons. The summed E-state index contributed by atoms with van der Waals surface area (Å²) in [6.07, 6.45) is -0.0180. The molecule has 0 unspecified atom stereocenters. The van der Waals surface area contributed by atoms with Crippen LogP contribution in [0, 0.1) is 0 Å². The fourth-order valence-corrected chi connectivity index (χ4v) is 1.57. The van der Waals surface area contributed by atoms with Crippen LogP contribution >= 0.6 is 0 Å². The van der Waals surface area contributed by atoms with Crippen LogP contribution in [0.15, 0.2) is 24.3 Å². The third-order valence-electron chi connectivity index (χ3n) is 2.89. The molecule has 0 aromatic heterocycles. The molecule has 0 aliphatic rings. The van der Waals surface area contributed by atoms with Gasteiger partial charge in [-0.1, -0.05) is 19.1 Å². The number of nitrogens with one attached hydrogen (secondary N) is 2. The summed E-state index contributed by atoms with van der Waals surface area (Å²) in [6.45, 7) is 4.36. The van der Waals surface area contributed by atoms with Gasteiger partial charge in [-0.05, 0) is 31.3 Å². The first-order valence-electron chi connectivity index (χ1n) is 6.55. The fraction of sp³-hybridized carbons (Fsp3) is 0.429. The van der Waals surface area contributed by atoms with E-state index in [0.717, 1.165) is 13.1 Å². The zero-order chi connectivity index (χ0) is 15.0. The van der Waals surface area contributed by atoms with Crippen LogP contribution in [0.4, 0.5) is 10.5 Å². The fourth-order valence-electron chi connectivity index (χ4n) is 1.57. The van der Waals surface area contributed by atoms with Crippen LogP contribution in [0.3, 0.4) is 0 Å². The van der Waals surface area contributed by atoms with Gasteiger partial charge < -0.3 is 20.6 Å². The molecule has 1 aromatic carbocycles. The standard InChI is InChI=1S/C14H21N3O3/c1-3-17(2)9-8-15-14(20)16-12-6-4-11(5-7-12)10-13(18)19/h4-7H,3,8-10H2,1-2H3,(H,18,19)(H2,15,16,20). The number of amides is 2. The largest absolute Gasteiger partial charge is 0.481 e. The van der Waals surface area contributed by atoms with Gasteiger partial charge in [0.15, 0.2) is 0 Å². The molecule has 2 amide bonds. The Kier molecular flexibility index (Phi) is 6.52. The Bertz CT molecular complexity index is 445. The van der Waals surface area contributed by atoms with E-state index < -0.39 is 5.97 Å². The second-order valence-electron chi connectivity index (χ2n) is 4.54. The number of likely N-dealkylation sites (N-methyl/N-ethyl adjacent to an activating group) is 1. The molecule has 0 saturated carbocycles. The Morgan fingerprint density at radius 1 is 1.25 bits per heavy atom. The summed E-state index contributed by atoms with van der Waals surface area (Å²) in [7, 11) is 1.99. The second-order valence-corrected chi connectivity index (χ2v) is 4.54. The van der Waals surface area contributed by atoms with Crippen LogP contribution in [0.5, 0.6) is 0 Å². The molecule has 3 N–H and O–H groups in total. The van der Waals surface area contributed by atoms with Gasteiger partial charge in [0.25, 0.3) is 0 Å². The van der Waals surface area contributed by atoms with Crippen molar-refractivity contribution in [2.24, 2.45) is 0 Å². The third kappa shape index (κ3) is 6.19. The number of benzene rings is 1. The van der Waals surface area contributed by atoms with Gasteiger partial charge in [-0.25, -0.2) is 4.79 Å². The highest BCUT2D eigenvalue weighted by molar-refractivity contribution is 5.89. The minimum Gasteiger partial charge on any atom is -0.481 e. The number of anilines is 1. The van der Waals surface area contributed by atoms with Gasteiger partial charge in [0.1, 0.15) is 0 Å². The van der Waals surface area contributed by atoms with Gasteiger partial charge >= 0.3 is 12.0 Å². The van der Waals surface area contributed by atoms with Crippen LogP contribution < -0.4 is 10.6 Å². The Balaban J connectivity index is 2.36. The van der Waals surface area contributed by atoms with E-state index in [2.05, 4.69) is 22.5 Å². The molecule has 0 saturated heterocycles. The summed E-state index contributed by atoms with van der Waals surface area (Å²) >= 11 is 0. The zero-order valence-corrected chi connectivity index (χ0v) is 11.8. The summed E-state index contributed by atoms with van der Waals surface area (Å²) in [5.41, 5.74) is 1.34. The maximum atomic E-state index is 11.6. The van der Waals surface area contributed by atoms with Crippen molar-refractivity contribution >= 4 is 17.7 Å². The molecule has 0 heterocycles. The number of rotatable bonds is 7. The third-order valence-corrected chi connectivity index (χ3v) is 2.89. The number of carbonyl (C=O) groups excluding carboxylic acids is 1. The first kappa shape index (κ1) is 16.0. The van der Waals surface area contributed by atoms with Crippen molar-refractivity contribution in [3.8, 4) is 0 Å². The highest BCUT2D eigenvalue weighted by Crippen LogP contribution is 2.09. The summed E-state index contributed by atoms with van der Waals surface area (Å²) < 4.78 is 0. The van der Waals surface area contributed by atoms with Crippen molar-refractivity contribution in [2.45, 2.75) is 13.3 Å². The molecule has 1 rings (SSSR count). The molecule has 1 aromatic rings. The predicted molar refractivity (Wildman–Crippen MR) is 78.0 cm³/mol. The molecule has 0 radical (unpaired) electrons. The minimum absolute atomic E-state index is 0.0180. The van der Waals surface area contributed by atoms with E-state index in [1.165, 1.54) is 0 Å². The lowest BCUT2D eigenvalue weighted by atomic mass is 10.1. The second kappa shape index (κ2) is 8.16. The Hall–Kier alpha value is -2.08. The number of urea groups is 1. The SMILES string of the molecule is CCN(C)CCNC(=O)Nc1ccc(CC(=O)O)cc1. The van der Waals surface area contributed by atoms with E-state index >= 15 is 0 Å². The van der Waals surface area contributed by atoms with E-state index in [1.54, 1.807) is 24.3 Å². The van der Waals surface area contributed by atoms with Gasteiger partial charge in [-0.3, -0.25) is 4.79 Å². The number of carboxylic acids is 1. The molecule has 0 fully saturated rings. The Labute approximate surface area is 118 Å². The predicted octanol–water partition coefficient (Wildman–Crippen LogP) is 1.39. The van der Waals surface area contributed by atoms with E-state index in [1.807, 2.05) is 7.05 Å². The molecular weight excluding hydrogens is 258 g/mol. The summed E-state index contributed by atoms with van der Waals surface area (Å²) in [5, 5.41) is 14.1. The zero-order valence-electron chi connectivity index (χ0n) is 11.8.